The fraction of sp³-hybridized carbons (Fsp3) is 0.188. The summed E-state index contributed by atoms with van der Waals surface area (Å²) in [6, 6.07) is 17.7. The van der Waals surface area contributed by atoms with E-state index in [-0.39, 0.29) is 0 Å². The highest BCUT2D eigenvalue weighted by Gasteiger charge is 2.22. The predicted octanol–water partition coefficient (Wildman–Crippen LogP) is 2.69. The van der Waals surface area contributed by atoms with Gasteiger partial charge in [0.15, 0.2) is 0 Å². The maximum absolute atomic E-state index is 12.0. The molecular weight excluding hydrogens is 268 g/mol. The normalized spacial score (nSPS) is 17.4. The highest BCUT2D eigenvalue weighted by molar-refractivity contribution is 7.85. The van der Waals surface area contributed by atoms with Crippen molar-refractivity contribution in [3.63, 3.8) is 0 Å². The van der Waals surface area contributed by atoms with Crippen molar-refractivity contribution in [2.24, 2.45) is 0 Å². The van der Waals surface area contributed by atoms with Crippen molar-refractivity contribution in [2.75, 3.05) is 17.2 Å². The van der Waals surface area contributed by atoms with Crippen LogP contribution in [0.15, 0.2) is 53.4 Å². The molecule has 0 saturated heterocycles. The second-order valence-electron chi connectivity index (χ2n) is 4.71. The molecule has 0 N–H and O–H groups in total. The summed E-state index contributed by atoms with van der Waals surface area (Å²) in [4.78, 5) is 3.10. The Balaban J connectivity index is 1.95. The third-order valence-corrected chi connectivity index (χ3v) is 4.89. The zero-order valence-electron chi connectivity index (χ0n) is 11.0. The summed E-state index contributed by atoms with van der Waals surface area (Å²) in [5, 5.41) is 9.17. The van der Waals surface area contributed by atoms with Gasteiger partial charge in [0.05, 0.1) is 33.0 Å². The van der Waals surface area contributed by atoms with Crippen molar-refractivity contribution in [1.82, 2.24) is 0 Å². The van der Waals surface area contributed by atoms with Crippen molar-refractivity contribution in [1.29, 1.82) is 5.26 Å². The first-order valence-corrected chi connectivity index (χ1v) is 7.82. The number of nitrogens with zero attached hydrogens (tertiary/aromatic N) is 2. The molecule has 100 valence electrons. The van der Waals surface area contributed by atoms with Gasteiger partial charge in [-0.05, 0) is 23.8 Å². The van der Waals surface area contributed by atoms with Gasteiger partial charge < -0.3 is 4.90 Å². The molecule has 1 aliphatic heterocycles. The number of fused-ring (bicyclic) bond motifs is 1. The molecule has 0 aliphatic carbocycles. The number of para-hydroxylation sites is 1. The summed E-state index contributed by atoms with van der Waals surface area (Å²) < 4.78 is 12.0. The first-order chi connectivity index (χ1) is 9.79. The maximum atomic E-state index is 12.0. The Hall–Kier alpha value is -2.12. The molecule has 0 fully saturated rings. The molecule has 2 aromatic rings. The van der Waals surface area contributed by atoms with E-state index in [2.05, 4.69) is 11.0 Å². The molecule has 1 aliphatic rings. The van der Waals surface area contributed by atoms with Crippen LogP contribution in [-0.4, -0.2) is 16.5 Å². The van der Waals surface area contributed by atoms with Gasteiger partial charge in [-0.3, -0.25) is 4.21 Å². The molecule has 3 rings (SSSR count). The Labute approximate surface area is 120 Å². The van der Waals surface area contributed by atoms with Crippen LogP contribution in [0, 0.1) is 11.3 Å². The summed E-state index contributed by atoms with van der Waals surface area (Å²) in [5.41, 5.74) is 2.74. The van der Waals surface area contributed by atoms with Gasteiger partial charge in [0.1, 0.15) is 0 Å². The lowest BCUT2D eigenvalue weighted by Gasteiger charge is -2.31. The van der Waals surface area contributed by atoms with Gasteiger partial charge in [-0.2, -0.15) is 5.26 Å². The lowest BCUT2D eigenvalue weighted by atomic mass is 10.1. The minimum absolute atomic E-state index is 0.645. The van der Waals surface area contributed by atoms with E-state index in [0.29, 0.717) is 17.9 Å². The topological polar surface area (TPSA) is 44.1 Å². The Morgan fingerprint density at radius 3 is 2.75 bits per heavy atom. The third kappa shape index (κ3) is 2.33. The van der Waals surface area contributed by atoms with Crippen LogP contribution in [0.25, 0.3) is 0 Å². The molecule has 0 saturated carbocycles. The molecule has 0 radical (unpaired) electrons. The van der Waals surface area contributed by atoms with Crippen molar-refractivity contribution < 1.29 is 4.21 Å². The van der Waals surface area contributed by atoms with Crippen LogP contribution < -0.4 is 4.90 Å². The van der Waals surface area contributed by atoms with Crippen molar-refractivity contribution in [3.05, 3.63) is 59.7 Å². The number of hydrogen-bond donors (Lipinski definition) is 0. The number of anilines is 1. The molecule has 0 bridgehead atoms. The van der Waals surface area contributed by atoms with Crippen LogP contribution in [0.5, 0.6) is 0 Å². The standard InChI is InChI=1S/C16H14N2OS/c17-11-13-5-1-2-6-14(13)12-18-9-10-20(19)16-8-4-3-7-15(16)18/h1-8H,9-10,12H2/t20-/m0/s1. The molecule has 3 nitrogen and oxygen atoms in total. The van der Waals surface area contributed by atoms with Gasteiger partial charge in [-0.25, -0.2) is 0 Å². The molecule has 0 aromatic heterocycles. The molecule has 0 unspecified atom stereocenters. The summed E-state index contributed by atoms with van der Waals surface area (Å²) in [7, 11) is -0.908. The molecular formula is C16H14N2OS. The Morgan fingerprint density at radius 2 is 1.90 bits per heavy atom. The first kappa shape index (κ1) is 12.9. The Bertz CT molecular complexity index is 706. The van der Waals surface area contributed by atoms with Crippen LogP contribution in [0.3, 0.4) is 0 Å². The van der Waals surface area contributed by atoms with Crippen LogP contribution in [-0.2, 0) is 17.3 Å². The SMILES string of the molecule is N#Cc1ccccc1CN1CC[S@](=O)c2ccccc21. The first-order valence-electron chi connectivity index (χ1n) is 6.50. The van der Waals surface area contributed by atoms with Gasteiger partial charge in [-0.15, -0.1) is 0 Å². The number of benzene rings is 2. The lowest BCUT2D eigenvalue weighted by Crippen LogP contribution is -2.32. The van der Waals surface area contributed by atoms with Crippen molar-refractivity contribution >= 4 is 16.5 Å². The predicted molar refractivity (Wildman–Crippen MR) is 79.9 cm³/mol. The minimum atomic E-state index is -0.908. The van der Waals surface area contributed by atoms with E-state index in [1.54, 1.807) is 0 Å². The monoisotopic (exact) mass is 282 g/mol. The average Bonchev–Trinajstić information content (AvgIpc) is 2.51. The summed E-state index contributed by atoms with van der Waals surface area (Å²) in [6.07, 6.45) is 0. The summed E-state index contributed by atoms with van der Waals surface area (Å²) in [6.45, 7) is 1.43. The molecule has 1 heterocycles. The highest BCUT2D eigenvalue weighted by Crippen LogP contribution is 2.29. The Morgan fingerprint density at radius 1 is 1.15 bits per heavy atom. The lowest BCUT2D eigenvalue weighted by molar-refractivity contribution is 0.675. The van der Waals surface area contributed by atoms with Gasteiger partial charge >= 0.3 is 0 Å². The Kier molecular flexibility index (Phi) is 3.53. The van der Waals surface area contributed by atoms with Gasteiger partial charge in [0, 0.05) is 18.8 Å². The van der Waals surface area contributed by atoms with E-state index >= 15 is 0 Å². The van der Waals surface area contributed by atoms with E-state index in [0.717, 1.165) is 22.7 Å². The zero-order chi connectivity index (χ0) is 13.9. The van der Waals surface area contributed by atoms with E-state index in [4.69, 9.17) is 5.26 Å². The van der Waals surface area contributed by atoms with Crippen molar-refractivity contribution in [3.8, 4) is 6.07 Å². The van der Waals surface area contributed by atoms with Crippen LogP contribution in [0.1, 0.15) is 11.1 Å². The number of rotatable bonds is 2. The largest absolute Gasteiger partial charge is 0.365 e. The van der Waals surface area contributed by atoms with E-state index < -0.39 is 10.8 Å². The van der Waals surface area contributed by atoms with Crippen LogP contribution in [0.2, 0.25) is 0 Å². The molecule has 20 heavy (non-hydrogen) atoms. The number of nitriles is 1. The molecule has 2 aromatic carbocycles. The van der Waals surface area contributed by atoms with E-state index in [9.17, 15) is 4.21 Å². The smallest absolute Gasteiger partial charge is 0.0995 e. The molecule has 4 heteroatoms. The molecule has 0 amide bonds. The quantitative estimate of drug-likeness (QED) is 0.850. The fourth-order valence-electron chi connectivity index (χ4n) is 2.47. The zero-order valence-corrected chi connectivity index (χ0v) is 11.8. The highest BCUT2D eigenvalue weighted by atomic mass is 32.2. The van der Waals surface area contributed by atoms with Crippen molar-refractivity contribution in [2.45, 2.75) is 11.4 Å². The van der Waals surface area contributed by atoms with E-state index in [1.807, 2.05) is 48.5 Å². The third-order valence-electron chi connectivity index (χ3n) is 3.50. The van der Waals surface area contributed by atoms with Gasteiger partial charge in [0.2, 0.25) is 0 Å². The second-order valence-corrected chi connectivity index (χ2v) is 6.25. The van der Waals surface area contributed by atoms with Gasteiger partial charge in [0.25, 0.3) is 0 Å². The molecule has 1 atom stereocenters. The fourth-order valence-corrected chi connectivity index (χ4v) is 3.74. The minimum Gasteiger partial charge on any atom is -0.365 e. The maximum Gasteiger partial charge on any atom is 0.0995 e. The molecule has 0 spiro atoms. The van der Waals surface area contributed by atoms with Gasteiger partial charge in [-0.1, -0.05) is 30.3 Å². The second kappa shape index (κ2) is 5.48. The average molecular weight is 282 g/mol. The number of hydrogen-bond acceptors (Lipinski definition) is 3. The van der Waals surface area contributed by atoms with Crippen LogP contribution >= 0.6 is 0 Å². The summed E-state index contributed by atoms with van der Waals surface area (Å²) >= 11 is 0. The summed E-state index contributed by atoms with van der Waals surface area (Å²) in [5.74, 6) is 0.645. The van der Waals surface area contributed by atoms with E-state index in [1.165, 1.54) is 0 Å². The van der Waals surface area contributed by atoms with Crippen LogP contribution in [0.4, 0.5) is 5.69 Å².